The van der Waals surface area contributed by atoms with E-state index in [2.05, 4.69) is 29.3 Å². The fourth-order valence-electron chi connectivity index (χ4n) is 4.95. The van der Waals surface area contributed by atoms with Gasteiger partial charge in [-0.1, -0.05) is 19.1 Å². The van der Waals surface area contributed by atoms with E-state index in [1.807, 2.05) is 41.3 Å². The van der Waals surface area contributed by atoms with Crippen LogP contribution in [-0.4, -0.2) is 60.9 Å². The van der Waals surface area contributed by atoms with Crippen molar-refractivity contribution in [1.82, 2.24) is 9.80 Å². The van der Waals surface area contributed by atoms with Crippen LogP contribution in [0.5, 0.6) is 5.75 Å². The van der Waals surface area contributed by atoms with Crippen LogP contribution >= 0.6 is 0 Å². The Morgan fingerprint density at radius 2 is 1.55 bits per heavy atom. The second kappa shape index (κ2) is 10.8. The molecular formula is C27H35N3O3. The lowest BCUT2D eigenvalue weighted by atomic mass is 9.92. The molecule has 2 aromatic carbocycles. The fraction of sp³-hybridized carbons (Fsp3) is 0.481. The fourth-order valence-corrected chi connectivity index (χ4v) is 4.95. The van der Waals surface area contributed by atoms with Crippen LogP contribution < -0.4 is 10.1 Å². The van der Waals surface area contributed by atoms with Gasteiger partial charge in [-0.3, -0.25) is 9.59 Å². The predicted octanol–water partition coefficient (Wildman–Crippen LogP) is 4.21. The van der Waals surface area contributed by atoms with Crippen molar-refractivity contribution in [2.45, 2.75) is 45.1 Å². The third-order valence-electron chi connectivity index (χ3n) is 7.14. The van der Waals surface area contributed by atoms with Gasteiger partial charge in [-0.15, -0.1) is 0 Å². The lowest BCUT2D eigenvalue weighted by Crippen LogP contribution is -2.49. The maximum atomic E-state index is 12.8. The van der Waals surface area contributed by atoms with Crippen LogP contribution in [-0.2, 0) is 11.2 Å². The van der Waals surface area contributed by atoms with E-state index in [-0.39, 0.29) is 17.7 Å². The zero-order valence-electron chi connectivity index (χ0n) is 19.8. The van der Waals surface area contributed by atoms with Gasteiger partial charge < -0.3 is 19.9 Å². The number of hydrogen-bond donors (Lipinski definition) is 1. The van der Waals surface area contributed by atoms with Crippen molar-refractivity contribution in [3.05, 3.63) is 59.7 Å². The quantitative estimate of drug-likeness (QED) is 0.718. The molecule has 0 spiro atoms. The number of nitrogens with one attached hydrogen (secondary N) is 1. The molecule has 0 aromatic heterocycles. The molecule has 2 aromatic rings. The highest BCUT2D eigenvalue weighted by atomic mass is 16.5. The summed E-state index contributed by atoms with van der Waals surface area (Å²) < 4.78 is 5.17. The first-order valence-electron chi connectivity index (χ1n) is 12.1. The number of ether oxygens (including phenoxy) is 1. The molecule has 2 heterocycles. The highest BCUT2D eigenvalue weighted by Crippen LogP contribution is 2.26. The number of hydrogen-bond acceptors (Lipinski definition) is 4. The number of anilines is 1. The molecule has 0 bridgehead atoms. The highest BCUT2D eigenvalue weighted by Gasteiger charge is 2.31. The minimum Gasteiger partial charge on any atom is -0.497 e. The molecule has 4 rings (SSSR count). The Morgan fingerprint density at radius 1 is 0.909 bits per heavy atom. The second-order valence-electron chi connectivity index (χ2n) is 9.10. The Bertz CT molecular complexity index is 926. The van der Waals surface area contributed by atoms with Crippen LogP contribution in [0, 0.1) is 5.92 Å². The third-order valence-corrected chi connectivity index (χ3v) is 7.14. The Labute approximate surface area is 196 Å². The summed E-state index contributed by atoms with van der Waals surface area (Å²) in [5.41, 5.74) is 2.85. The normalized spacial score (nSPS) is 18.2. The van der Waals surface area contributed by atoms with E-state index in [1.165, 1.54) is 5.56 Å². The van der Waals surface area contributed by atoms with Gasteiger partial charge in [-0.25, -0.2) is 0 Å². The van der Waals surface area contributed by atoms with Crippen molar-refractivity contribution in [3.8, 4) is 5.75 Å². The average Bonchev–Trinajstić information content (AvgIpc) is 2.89. The summed E-state index contributed by atoms with van der Waals surface area (Å²) in [6.45, 7) is 5.61. The molecule has 176 valence electrons. The topological polar surface area (TPSA) is 61.9 Å². The smallest absolute Gasteiger partial charge is 0.253 e. The van der Waals surface area contributed by atoms with E-state index in [4.69, 9.17) is 4.74 Å². The Kier molecular flexibility index (Phi) is 7.65. The molecule has 1 N–H and O–H groups in total. The van der Waals surface area contributed by atoms with Gasteiger partial charge in [0.15, 0.2) is 0 Å². The molecule has 33 heavy (non-hydrogen) atoms. The zero-order chi connectivity index (χ0) is 23.2. The largest absolute Gasteiger partial charge is 0.497 e. The molecular weight excluding hydrogens is 414 g/mol. The van der Waals surface area contributed by atoms with E-state index in [9.17, 15) is 9.59 Å². The summed E-state index contributed by atoms with van der Waals surface area (Å²) >= 11 is 0. The number of carbonyl (C=O) groups excluding carboxylic acids is 2. The number of amides is 2. The van der Waals surface area contributed by atoms with E-state index in [0.29, 0.717) is 6.04 Å². The van der Waals surface area contributed by atoms with E-state index in [0.717, 1.165) is 75.3 Å². The first-order chi connectivity index (χ1) is 16.1. The van der Waals surface area contributed by atoms with Gasteiger partial charge >= 0.3 is 0 Å². The summed E-state index contributed by atoms with van der Waals surface area (Å²) in [5, 5.41) is 3.04. The van der Waals surface area contributed by atoms with Crippen LogP contribution in [0.4, 0.5) is 5.69 Å². The van der Waals surface area contributed by atoms with Gasteiger partial charge in [0.1, 0.15) is 5.75 Å². The summed E-state index contributed by atoms with van der Waals surface area (Å²) in [5.74, 6) is 1.08. The number of nitrogens with zero attached hydrogens (tertiary/aromatic N) is 2. The van der Waals surface area contributed by atoms with Gasteiger partial charge in [0.25, 0.3) is 5.91 Å². The van der Waals surface area contributed by atoms with Crippen LogP contribution in [0.2, 0.25) is 0 Å². The molecule has 2 aliphatic heterocycles. The van der Waals surface area contributed by atoms with Gasteiger partial charge in [-0.05, 0) is 87.2 Å². The maximum Gasteiger partial charge on any atom is 0.253 e. The van der Waals surface area contributed by atoms with Crippen molar-refractivity contribution >= 4 is 17.5 Å². The molecule has 0 saturated carbocycles. The first-order valence-corrected chi connectivity index (χ1v) is 12.1. The van der Waals surface area contributed by atoms with Crippen LogP contribution in [0.3, 0.4) is 0 Å². The second-order valence-corrected chi connectivity index (χ2v) is 9.10. The number of piperidine rings is 2. The summed E-state index contributed by atoms with van der Waals surface area (Å²) in [7, 11) is 1.63. The number of likely N-dealkylation sites (tertiary alicyclic amines) is 2. The van der Waals surface area contributed by atoms with Gasteiger partial charge in [0.05, 0.1) is 7.11 Å². The van der Waals surface area contributed by atoms with Gasteiger partial charge in [0, 0.05) is 36.3 Å². The number of rotatable bonds is 6. The van der Waals surface area contributed by atoms with Gasteiger partial charge in [0.2, 0.25) is 5.91 Å². The van der Waals surface area contributed by atoms with E-state index < -0.39 is 0 Å². The molecule has 6 heteroatoms. The van der Waals surface area contributed by atoms with Crippen molar-refractivity contribution in [3.63, 3.8) is 0 Å². The van der Waals surface area contributed by atoms with Crippen LogP contribution in [0.1, 0.15) is 48.5 Å². The molecule has 0 radical (unpaired) electrons. The van der Waals surface area contributed by atoms with Gasteiger partial charge in [-0.2, -0.15) is 0 Å². The lowest BCUT2D eigenvalue weighted by molar-refractivity contribution is -0.121. The SMILES string of the molecule is CCc1ccc(C(=O)N2CCC(N3CCC(C(=O)Nc4ccc(OC)cc4)CC3)CC2)cc1. The Morgan fingerprint density at radius 3 is 2.12 bits per heavy atom. The Hall–Kier alpha value is -2.86. The number of methoxy groups -OCH3 is 1. The van der Waals surface area contributed by atoms with E-state index >= 15 is 0 Å². The van der Waals surface area contributed by atoms with Crippen molar-refractivity contribution < 1.29 is 14.3 Å². The summed E-state index contributed by atoms with van der Waals surface area (Å²) in [4.78, 5) is 30.1. The average molecular weight is 450 g/mol. The summed E-state index contributed by atoms with van der Waals surface area (Å²) in [6, 6.07) is 16.0. The monoisotopic (exact) mass is 449 g/mol. The minimum atomic E-state index is 0.0520. The summed E-state index contributed by atoms with van der Waals surface area (Å²) in [6.07, 6.45) is 4.75. The highest BCUT2D eigenvalue weighted by molar-refractivity contribution is 5.94. The predicted molar refractivity (Wildman–Crippen MR) is 131 cm³/mol. The molecule has 2 amide bonds. The molecule has 0 unspecified atom stereocenters. The number of aryl methyl sites for hydroxylation is 1. The first kappa shape index (κ1) is 23.3. The zero-order valence-corrected chi connectivity index (χ0v) is 19.8. The van der Waals surface area contributed by atoms with Crippen molar-refractivity contribution in [1.29, 1.82) is 0 Å². The molecule has 0 atom stereocenters. The minimum absolute atomic E-state index is 0.0520. The van der Waals surface area contributed by atoms with Crippen LogP contribution in [0.25, 0.3) is 0 Å². The van der Waals surface area contributed by atoms with Crippen molar-refractivity contribution in [2.75, 3.05) is 38.6 Å². The molecule has 6 nitrogen and oxygen atoms in total. The number of carbonyl (C=O) groups is 2. The standard InChI is InChI=1S/C27H35N3O3/c1-3-20-4-6-22(7-5-20)27(32)30-18-14-24(15-19-30)29-16-12-21(13-17-29)26(31)28-23-8-10-25(33-2)11-9-23/h4-11,21,24H,3,12-19H2,1-2H3,(H,28,31). The van der Waals surface area contributed by atoms with Crippen LogP contribution in [0.15, 0.2) is 48.5 Å². The number of benzene rings is 2. The molecule has 2 aliphatic rings. The Balaban J connectivity index is 1.22. The third kappa shape index (κ3) is 5.74. The molecule has 2 saturated heterocycles. The van der Waals surface area contributed by atoms with E-state index in [1.54, 1.807) is 7.11 Å². The molecule has 2 fully saturated rings. The maximum absolute atomic E-state index is 12.8. The lowest BCUT2D eigenvalue weighted by Gasteiger charge is -2.41. The molecule has 0 aliphatic carbocycles. The van der Waals surface area contributed by atoms with Crippen molar-refractivity contribution in [2.24, 2.45) is 5.92 Å².